The maximum atomic E-state index is 14.0. The molecule has 6 atom stereocenters. The normalized spacial score (nSPS) is 24.9. The molecule has 3 aliphatic heterocycles. The third-order valence-electron chi connectivity index (χ3n) is 13.1. The Morgan fingerprint density at radius 3 is 2.34 bits per heavy atom. The molecular weight excluding hydrogens is 731 g/mol. The summed E-state index contributed by atoms with van der Waals surface area (Å²) < 4.78 is 10.6. The number of imidazole rings is 1. The molecule has 2 saturated carbocycles. The molecule has 3 amide bonds. The van der Waals surface area contributed by atoms with Crippen LogP contribution in [0.5, 0.6) is 0 Å². The lowest BCUT2D eigenvalue weighted by Crippen LogP contribution is -2.59. The zero-order valence-corrected chi connectivity index (χ0v) is 34.4. The molecule has 2 bridgehead atoms. The summed E-state index contributed by atoms with van der Waals surface area (Å²) in [4.78, 5) is 56.5. The Morgan fingerprint density at radius 1 is 0.948 bits per heavy atom. The number of piperidine rings is 1. The van der Waals surface area contributed by atoms with Crippen LogP contribution in [0.15, 0.2) is 71.9 Å². The number of hydrogen-bond donors (Lipinski definition) is 3. The standard InChI is InChI=1S/C46H55N7O5/c1-26(2)38(51-43(55)57-6)42(54)53-34-16-15-33(21-34)39(53)41-48-23-35(50-41)28-9-7-27(8-10-28)29-11-12-31-20-32(14-13-30(31)19-29)36-24-47-40(49-36)37-22-46(17-18-46)25-52(37)44(56)58-45(3,4)5/h7-14,19-20,24,26,33-35,37-39H,15-18,21-23,25H2,1-6H3,(H,47,49)(H,48,50)(H,51,55)/t33-,34+,35?,37-,38-,39-/m0/s1. The largest absolute Gasteiger partial charge is 0.453 e. The summed E-state index contributed by atoms with van der Waals surface area (Å²) >= 11 is 0. The van der Waals surface area contributed by atoms with E-state index in [9.17, 15) is 14.4 Å². The van der Waals surface area contributed by atoms with Gasteiger partial charge in [-0.3, -0.25) is 14.7 Å². The molecule has 3 aromatic carbocycles. The van der Waals surface area contributed by atoms with Gasteiger partial charge in [0.1, 0.15) is 23.3 Å². The van der Waals surface area contributed by atoms with Gasteiger partial charge in [0.25, 0.3) is 0 Å². The van der Waals surface area contributed by atoms with Gasteiger partial charge in [-0.2, -0.15) is 0 Å². The number of aliphatic imine (C=N–C) groups is 1. The summed E-state index contributed by atoms with van der Waals surface area (Å²) in [6.07, 6.45) is 7.24. The average molecular weight is 786 g/mol. The van der Waals surface area contributed by atoms with Crippen LogP contribution in [0.25, 0.3) is 33.2 Å². The maximum Gasteiger partial charge on any atom is 0.410 e. The number of aromatic amines is 1. The fraction of sp³-hybridized carbons (Fsp3) is 0.500. The first kappa shape index (κ1) is 38.1. The van der Waals surface area contributed by atoms with Crippen molar-refractivity contribution in [1.82, 2.24) is 30.4 Å². The van der Waals surface area contributed by atoms with E-state index in [0.29, 0.717) is 12.5 Å². The van der Waals surface area contributed by atoms with Crippen molar-refractivity contribution in [3.05, 3.63) is 78.2 Å². The third kappa shape index (κ3) is 7.19. The van der Waals surface area contributed by atoms with Gasteiger partial charge in [-0.25, -0.2) is 14.6 Å². The van der Waals surface area contributed by atoms with Crippen LogP contribution in [0.1, 0.15) is 96.6 Å². The van der Waals surface area contributed by atoms with Crippen molar-refractivity contribution < 1.29 is 23.9 Å². The van der Waals surface area contributed by atoms with Crippen LogP contribution >= 0.6 is 0 Å². The van der Waals surface area contributed by atoms with E-state index in [-0.39, 0.29) is 47.5 Å². The van der Waals surface area contributed by atoms with Crippen LogP contribution < -0.4 is 10.6 Å². The number of amides is 3. The Balaban J connectivity index is 0.865. The van der Waals surface area contributed by atoms with Crippen molar-refractivity contribution in [3.8, 4) is 22.4 Å². The molecule has 4 fully saturated rings. The van der Waals surface area contributed by atoms with Crippen LogP contribution in [0.2, 0.25) is 0 Å². The number of nitrogens with one attached hydrogen (secondary N) is 3. The zero-order valence-electron chi connectivity index (χ0n) is 34.4. The Kier molecular flexibility index (Phi) is 9.51. The molecule has 3 N–H and O–H groups in total. The first-order valence-corrected chi connectivity index (χ1v) is 20.9. The van der Waals surface area contributed by atoms with Gasteiger partial charge in [0.05, 0.1) is 43.7 Å². The SMILES string of the molecule is COC(=O)N[C@H](C(=O)N1[C@@H]2CC[C@@H](C2)[C@H]1C1=NCC(c2ccc(-c3ccc4cc(-c5cnc([C@@H]6CC7(CC7)CN6C(=O)OC(C)(C)C)[nH]5)ccc4c3)cc2)N1)C(C)C. The lowest BCUT2D eigenvalue weighted by atomic mass is 9.95. The number of H-pyrrole nitrogens is 1. The molecule has 1 aromatic heterocycles. The second kappa shape index (κ2) is 14.5. The monoisotopic (exact) mass is 785 g/mol. The Morgan fingerprint density at radius 2 is 1.66 bits per heavy atom. The highest BCUT2D eigenvalue weighted by atomic mass is 16.6. The topological polar surface area (TPSA) is 141 Å². The van der Waals surface area contributed by atoms with Gasteiger partial charge in [0.15, 0.2) is 0 Å². The Bertz CT molecular complexity index is 2270. The minimum absolute atomic E-state index is 0.0242. The highest BCUT2D eigenvalue weighted by Crippen LogP contribution is 2.58. The van der Waals surface area contributed by atoms with Gasteiger partial charge >= 0.3 is 12.2 Å². The molecule has 304 valence electrons. The fourth-order valence-corrected chi connectivity index (χ4v) is 9.85. The second-order valence-electron chi connectivity index (χ2n) is 18.6. The summed E-state index contributed by atoms with van der Waals surface area (Å²) in [7, 11) is 1.32. The van der Waals surface area contributed by atoms with Crippen LogP contribution in [0, 0.1) is 17.3 Å². The summed E-state index contributed by atoms with van der Waals surface area (Å²) in [5.41, 5.74) is 5.06. The molecule has 5 aliphatic rings. The predicted molar refractivity (Wildman–Crippen MR) is 223 cm³/mol. The number of fused-ring (bicyclic) bond motifs is 3. The van der Waals surface area contributed by atoms with Crippen molar-refractivity contribution in [2.24, 2.45) is 22.2 Å². The maximum absolute atomic E-state index is 14.0. The summed E-state index contributed by atoms with van der Waals surface area (Å²) in [6.45, 7) is 10.9. The zero-order chi connectivity index (χ0) is 40.5. The van der Waals surface area contributed by atoms with Crippen LogP contribution in [0.3, 0.4) is 0 Å². The van der Waals surface area contributed by atoms with E-state index in [4.69, 9.17) is 19.5 Å². The molecular formula is C46H55N7O5. The first-order valence-electron chi connectivity index (χ1n) is 20.9. The second-order valence-corrected chi connectivity index (χ2v) is 18.6. The van der Waals surface area contributed by atoms with E-state index in [0.717, 1.165) is 95.4 Å². The molecule has 0 radical (unpaired) electrons. The number of likely N-dealkylation sites (tertiary alicyclic amines) is 2. The van der Waals surface area contributed by atoms with E-state index in [1.807, 2.05) is 50.6 Å². The minimum Gasteiger partial charge on any atom is -0.453 e. The summed E-state index contributed by atoms with van der Waals surface area (Å²) in [5.74, 6) is 1.91. The quantitative estimate of drug-likeness (QED) is 0.164. The predicted octanol–water partition coefficient (Wildman–Crippen LogP) is 8.16. The average Bonchev–Trinajstić information content (AvgIpc) is 3.83. The Labute approximate surface area is 340 Å². The van der Waals surface area contributed by atoms with Gasteiger partial charge in [-0.15, -0.1) is 0 Å². The van der Waals surface area contributed by atoms with E-state index in [1.54, 1.807) is 0 Å². The number of carbonyl (C=O) groups is 3. The number of benzene rings is 3. The number of aromatic nitrogens is 2. The number of alkyl carbamates (subject to hydrolysis) is 1. The molecule has 58 heavy (non-hydrogen) atoms. The number of carbonyl (C=O) groups excluding carboxylic acids is 3. The number of hydrogen-bond acceptors (Lipinski definition) is 8. The van der Waals surface area contributed by atoms with Gasteiger partial charge in [-0.1, -0.05) is 62.4 Å². The van der Waals surface area contributed by atoms with Gasteiger partial charge in [0.2, 0.25) is 5.91 Å². The molecule has 2 aliphatic carbocycles. The van der Waals surface area contributed by atoms with E-state index < -0.39 is 17.7 Å². The molecule has 12 nitrogen and oxygen atoms in total. The third-order valence-corrected chi connectivity index (χ3v) is 13.1. The number of amidine groups is 1. The van der Waals surface area contributed by atoms with Gasteiger partial charge in [-0.05, 0) is 116 Å². The van der Waals surface area contributed by atoms with Gasteiger partial charge < -0.3 is 30.0 Å². The van der Waals surface area contributed by atoms with Crippen LogP contribution in [-0.2, 0) is 14.3 Å². The van der Waals surface area contributed by atoms with E-state index in [2.05, 4.69) is 76.3 Å². The highest BCUT2D eigenvalue weighted by Gasteiger charge is 2.55. The smallest absolute Gasteiger partial charge is 0.410 e. The van der Waals surface area contributed by atoms with Crippen molar-refractivity contribution >= 4 is 34.7 Å². The fourth-order valence-electron chi connectivity index (χ4n) is 9.85. The van der Waals surface area contributed by atoms with Crippen LogP contribution in [0.4, 0.5) is 9.59 Å². The van der Waals surface area contributed by atoms with Crippen molar-refractivity contribution in [3.63, 3.8) is 0 Å². The number of rotatable bonds is 8. The van der Waals surface area contributed by atoms with E-state index >= 15 is 0 Å². The van der Waals surface area contributed by atoms with Crippen molar-refractivity contribution in [2.45, 2.75) is 109 Å². The molecule has 2 saturated heterocycles. The lowest BCUT2D eigenvalue weighted by Gasteiger charge is -2.38. The molecule has 1 spiro atoms. The Hall–Kier alpha value is -5.39. The number of nitrogens with zero attached hydrogens (tertiary/aromatic N) is 4. The first-order chi connectivity index (χ1) is 27.8. The molecule has 4 heterocycles. The molecule has 12 heteroatoms. The van der Waals surface area contributed by atoms with Crippen molar-refractivity contribution in [2.75, 3.05) is 20.2 Å². The lowest BCUT2D eigenvalue weighted by molar-refractivity contribution is -0.137. The molecule has 9 rings (SSSR count). The molecule has 1 unspecified atom stereocenters. The van der Waals surface area contributed by atoms with Gasteiger partial charge in [0, 0.05) is 18.2 Å². The number of methoxy groups -OCH3 is 1. The van der Waals surface area contributed by atoms with Crippen LogP contribution in [-0.4, -0.2) is 87.6 Å². The number of ether oxygens (including phenoxy) is 2. The summed E-state index contributed by atoms with van der Waals surface area (Å²) in [5, 5.41) is 8.75. The van der Waals surface area contributed by atoms with E-state index in [1.165, 1.54) is 7.11 Å². The summed E-state index contributed by atoms with van der Waals surface area (Å²) in [6, 6.07) is 21.0. The highest BCUT2D eigenvalue weighted by molar-refractivity contribution is 5.96. The minimum atomic E-state index is -0.655. The van der Waals surface area contributed by atoms with Crippen molar-refractivity contribution in [1.29, 1.82) is 0 Å². The molecule has 4 aromatic rings.